The van der Waals surface area contributed by atoms with E-state index in [0.717, 1.165) is 6.42 Å². The van der Waals surface area contributed by atoms with Crippen LogP contribution in [-0.4, -0.2) is 12.6 Å². The van der Waals surface area contributed by atoms with Crippen molar-refractivity contribution in [1.82, 2.24) is 0 Å². The lowest BCUT2D eigenvalue weighted by Gasteiger charge is -2.25. The first-order valence-electron chi connectivity index (χ1n) is 4.40. The number of hydrogen-bond acceptors (Lipinski definition) is 2. The van der Waals surface area contributed by atoms with E-state index in [-0.39, 0.29) is 11.9 Å². The first-order valence-corrected chi connectivity index (χ1v) is 4.40. The summed E-state index contributed by atoms with van der Waals surface area (Å²) >= 11 is 0. The molecule has 2 nitrogen and oxygen atoms in total. The van der Waals surface area contributed by atoms with Crippen LogP contribution >= 0.6 is 0 Å². The highest BCUT2D eigenvalue weighted by molar-refractivity contribution is 5.72. The molecule has 0 aliphatic carbocycles. The predicted octanol–water partition coefficient (Wildman–Crippen LogP) is 1.99. The molecule has 0 saturated carbocycles. The molecule has 0 aromatic carbocycles. The van der Waals surface area contributed by atoms with Gasteiger partial charge in [-0.15, -0.1) is 0 Å². The van der Waals surface area contributed by atoms with Crippen molar-refractivity contribution in [3.63, 3.8) is 0 Å². The summed E-state index contributed by atoms with van der Waals surface area (Å²) in [5.41, 5.74) is 0. The molecule has 2 unspecified atom stereocenters. The molecule has 0 amide bonds. The van der Waals surface area contributed by atoms with Crippen LogP contribution in [0.5, 0.6) is 0 Å². The molecule has 0 radical (unpaired) electrons. The summed E-state index contributed by atoms with van der Waals surface area (Å²) in [6, 6.07) is 0. The van der Waals surface area contributed by atoms with Crippen molar-refractivity contribution in [3.05, 3.63) is 0 Å². The van der Waals surface area contributed by atoms with Gasteiger partial charge in [0.1, 0.15) is 0 Å². The van der Waals surface area contributed by atoms with Crippen LogP contribution in [0.4, 0.5) is 0 Å². The van der Waals surface area contributed by atoms with Crippen LogP contribution in [0.1, 0.15) is 33.1 Å². The summed E-state index contributed by atoms with van der Waals surface area (Å²) in [7, 11) is 0. The van der Waals surface area contributed by atoms with Gasteiger partial charge in [-0.2, -0.15) is 0 Å². The average molecular weight is 156 g/mol. The third-order valence-electron chi connectivity index (χ3n) is 2.25. The second-order valence-electron chi connectivity index (χ2n) is 3.42. The van der Waals surface area contributed by atoms with Crippen LogP contribution < -0.4 is 0 Å². The molecule has 0 spiro atoms. The molecule has 0 N–H and O–H groups in total. The number of cyclic esters (lactones) is 1. The van der Waals surface area contributed by atoms with Crippen molar-refractivity contribution < 1.29 is 9.53 Å². The van der Waals surface area contributed by atoms with E-state index >= 15 is 0 Å². The predicted molar refractivity (Wildman–Crippen MR) is 43.1 cm³/mol. The zero-order valence-electron chi connectivity index (χ0n) is 7.30. The molecule has 0 aromatic heterocycles. The SMILES string of the molecule is CCCC1COC(=O)C(C)C1. The zero-order chi connectivity index (χ0) is 8.27. The monoisotopic (exact) mass is 156 g/mol. The molecule has 11 heavy (non-hydrogen) atoms. The molecule has 0 bridgehead atoms. The third kappa shape index (κ3) is 2.21. The standard InChI is InChI=1S/C9H16O2/c1-3-4-8-5-7(2)9(10)11-6-8/h7-8H,3-6H2,1-2H3. The van der Waals surface area contributed by atoms with E-state index in [9.17, 15) is 4.79 Å². The number of carbonyl (C=O) groups is 1. The lowest BCUT2D eigenvalue weighted by molar-refractivity contribution is -0.155. The molecule has 0 aromatic rings. The highest BCUT2D eigenvalue weighted by Gasteiger charge is 2.25. The fourth-order valence-electron chi connectivity index (χ4n) is 1.62. The minimum Gasteiger partial charge on any atom is -0.465 e. The summed E-state index contributed by atoms with van der Waals surface area (Å²) in [5.74, 6) is 0.727. The maximum Gasteiger partial charge on any atom is 0.308 e. The Balaban J connectivity index is 2.33. The summed E-state index contributed by atoms with van der Waals surface area (Å²) in [4.78, 5) is 10.9. The van der Waals surface area contributed by atoms with Gasteiger partial charge in [-0.25, -0.2) is 0 Å². The molecular formula is C9H16O2. The van der Waals surface area contributed by atoms with Crippen molar-refractivity contribution in [2.75, 3.05) is 6.61 Å². The Morgan fingerprint density at radius 1 is 1.64 bits per heavy atom. The summed E-state index contributed by atoms with van der Waals surface area (Å²) in [5, 5.41) is 0. The van der Waals surface area contributed by atoms with Crippen LogP contribution in [-0.2, 0) is 9.53 Å². The topological polar surface area (TPSA) is 26.3 Å². The highest BCUT2D eigenvalue weighted by Crippen LogP contribution is 2.23. The van der Waals surface area contributed by atoms with Gasteiger partial charge in [0.15, 0.2) is 0 Å². The zero-order valence-corrected chi connectivity index (χ0v) is 7.30. The Hall–Kier alpha value is -0.530. The van der Waals surface area contributed by atoms with Gasteiger partial charge in [0.25, 0.3) is 0 Å². The van der Waals surface area contributed by atoms with Crippen molar-refractivity contribution in [2.24, 2.45) is 11.8 Å². The van der Waals surface area contributed by atoms with E-state index in [4.69, 9.17) is 4.74 Å². The fraction of sp³-hybridized carbons (Fsp3) is 0.889. The first-order chi connectivity index (χ1) is 5.24. The Bertz CT molecular complexity index is 142. The molecule has 1 rings (SSSR count). The molecule has 1 heterocycles. The molecule has 2 heteroatoms. The first kappa shape index (κ1) is 8.57. The van der Waals surface area contributed by atoms with Gasteiger partial charge in [0, 0.05) is 0 Å². The third-order valence-corrected chi connectivity index (χ3v) is 2.25. The van der Waals surface area contributed by atoms with Crippen LogP contribution in [0.15, 0.2) is 0 Å². The van der Waals surface area contributed by atoms with Crippen molar-refractivity contribution in [3.8, 4) is 0 Å². The Kier molecular flexibility index (Phi) is 2.92. The van der Waals surface area contributed by atoms with Crippen LogP contribution in [0.2, 0.25) is 0 Å². The van der Waals surface area contributed by atoms with Gasteiger partial charge in [-0.05, 0) is 18.8 Å². The van der Waals surface area contributed by atoms with Gasteiger partial charge in [-0.3, -0.25) is 4.79 Å². The number of esters is 1. The van der Waals surface area contributed by atoms with Gasteiger partial charge in [0.2, 0.25) is 0 Å². The van der Waals surface area contributed by atoms with Gasteiger partial charge in [0.05, 0.1) is 12.5 Å². The molecule has 1 aliphatic rings. The Labute approximate surface area is 67.9 Å². The Morgan fingerprint density at radius 3 is 2.91 bits per heavy atom. The minimum absolute atomic E-state index is 0.0163. The lowest BCUT2D eigenvalue weighted by atomic mass is 9.91. The lowest BCUT2D eigenvalue weighted by Crippen LogP contribution is -2.28. The van der Waals surface area contributed by atoms with Gasteiger partial charge >= 0.3 is 5.97 Å². The minimum atomic E-state index is -0.0163. The fourth-order valence-corrected chi connectivity index (χ4v) is 1.62. The summed E-state index contributed by atoms with van der Waals surface area (Å²) < 4.78 is 5.02. The molecular weight excluding hydrogens is 140 g/mol. The van der Waals surface area contributed by atoms with Crippen LogP contribution in [0.25, 0.3) is 0 Å². The van der Waals surface area contributed by atoms with E-state index in [1.54, 1.807) is 0 Å². The number of carbonyl (C=O) groups excluding carboxylic acids is 1. The second-order valence-corrected chi connectivity index (χ2v) is 3.42. The van der Waals surface area contributed by atoms with E-state index in [0.29, 0.717) is 12.5 Å². The molecule has 1 saturated heterocycles. The van der Waals surface area contributed by atoms with Crippen molar-refractivity contribution in [2.45, 2.75) is 33.1 Å². The van der Waals surface area contributed by atoms with E-state index in [1.165, 1.54) is 12.8 Å². The molecule has 1 aliphatic heterocycles. The summed E-state index contributed by atoms with van der Waals surface area (Å²) in [6.07, 6.45) is 3.40. The van der Waals surface area contributed by atoms with E-state index < -0.39 is 0 Å². The van der Waals surface area contributed by atoms with E-state index in [2.05, 4.69) is 6.92 Å². The van der Waals surface area contributed by atoms with E-state index in [1.807, 2.05) is 6.92 Å². The van der Waals surface area contributed by atoms with Crippen molar-refractivity contribution >= 4 is 5.97 Å². The highest BCUT2D eigenvalue weighted by atomic mass is 16.5. The van der Waals surface area contributed by atoms with Crippen LogP contribution in [0.3, 0.4) is 0 Å². The quantitative estimate of drug-likeness (QED) is 0.571. The average Bonchev–Trinajstić information content (AvgIpc) is 1.98. The van der Waals surface area contributed by atoms with Crippen LogP contribution in [0, 0.1) is 11.8 Å². The summed E-state index contributed by atoms with van der Waals surface area (Å²) in [6.45, 7) is 4.77. The number of hydrogen-bond donors (Lipinski definition) is 0. The molecule has 1 fully saturated rings. The van der Waals surface area contributed by atoms with Gasteiger partial charge < -0.3 is 4.74 Å². The largest absolute Gasteiger partial charge is 0.465 e. The molecule has 64 valence electrons. The Morgan fingerprint density at radius 2 is 2.36 bits per heavy atom. The van der Waals surface area contributed by atoms with Gasteiger partial charge in [-0.1, -0.05) is 20.3 Å². The normalized spacial score (nSPS) is 31.6. The maximum absolute atomic E-state index is 10.9. The molecule has 2 atom stereocenters. The number of rotatable bonds is 2. The van der Waals surface area contributed by atoms with Crippen molar-refractivity contribution in [1.29, 1.82) is 0 Å². The number of ether oxygens (including phenoxy) is 1. The second kappa shape index (κ2) is 3.74. The maximum atomic E-state index is 10.9. The smallest absolute Gasteiger partial charge is 0.308 e.